The molecule has 1 aliphatic rings. The molecule has 0 aromatic heterocycles. The van der Waals surface area contributed by atoms with E-state index in [-0.39, 0.29) is 0 Å². The van der Waals surface area contributed by atoms with Crippen molar-refractivity contribution in [3.8, 4) is 0 Å². The molecule has 0 atom stereocenters. The van der Waals surface area contributed by atoms with E-state index < -0.39 is 5.60 Å². The normalized spacial score (nSPS) is 20.7. The molecule has 0 spiro atoms. The van der Waals surface area contributed by atoms with Crippen molar-refractivity contribution in [1.82, 2.24) is 0 Å². The fourth-order valence-electron chi connectivity index (χ4n) is 2.20. The van der Waals surface area contributed by atoms with Crippen LogP contribution in [0.2, 0.25) is 5.02 Å². The van der Waals surface area contributed by atoms with Gasteiger partial charge in [-0.3, -0.25) is 0 Å². The Labute approximate surface area is 89.7 Å². The number of halogens is 1. The van der Waals surface area contributed by atoms with Gasteiger partial charge in [0.15, 0.2) is 0 Å². The van der Waals surface area contributed by atoms with Crippen molar-refractivity contribution in [3.05, 3.63) is 34.9 Å². The minimum Gasteiger partial charge on any atom is -0.385 e. The van der Waals surface area contributed by atoms with Crippen LogP contribution < -0.4 is 0 Å². The molecule has 0 aliphatic heterocycles. The van der Waals surface area contributed by atoms with Crippen molar-refractivity contribution >= 4 is 11.6 Å². The zero-order valence-corrected chi connectivity index (χ0v) is 8.93. The van der Waals surface area contributed by atoms with Crippen LogP contribution >= 0.6 is 11.6 Å². The van der Waals surface area contributed by atoms with E-state index in [4.69, 9.17) is 11.6 Å². The number of hydrogen-bond donors (Lipinski definition) is 1. The minimum absolute atomic E-state index is 0.622. The smallest absolute Gasteiger partial charge is 0.0897 e. The molecule has 1 aromatic carbocycles. The summed E-state index contributed by atoms with van der Waals surface area (Å²) in [6.07, 6.45) is 5.20. The molecular weight excluding hydrogens is 196 g/mol. The second-order valence-electron chi connectivity index (χ2n) is 4.10. The summed E-state index contributed by atoms with van der Waals surface area (Å²) in [6.45, 7) is 0. The fourth-order valence-corrected chi connectivity index (χ4v) is 2.39. The summed E-state index contributed by atoms with van der Waals surface area (Å²) in [5.74, 6) is 0. The largest absolute Gasteiger partial charge is 0.385 e. The molecule has 1 N–H and O–H groups in total. The van der Waals surface area contributed by atoms with Crippen LogP contribution in [0.3, 0.4) is 0 Å². The van der Waals surface area contributed by atoms with Gasteiger partial charge in [0, 0.05) is 5.02 Å². The van der Waals surface area contributed by atoms with E-state index in [0.29, 0.717) is 5.02 Å². The van der Waals surface area contributed by atoms with Gasteiger partial charge in [-0.2, -0.15) is 0 Å². The van der Waals surface area contributed by atoms with Gasteiger partial charge >= 0.3 is 0 Å². The molecule has 76 valence electrons. The maximum atomic E-state index is 10.4. The molecule has 2 heteroatoms. The Balaban J connectivity index is 2.28. The topological polar surface area (TPSA) is 20.2 Å². The zero-order valence-electron chi connectivity index (χ0n) is 8.17. The van der Waals surface area contributed by atoms with Crippen LogP contribution in [0.5, 0.6) is 0 Å². The first-order valence-electron chi connectivity index (χ1n) is 5.19. The van der Waals surface area contributed by atoms with Crippen LogP contribution in [0.1, 0.15) is 37.7 Å². The molecule has 0 amide bonds. The average molecular weight is 211 g/mol. The van der Waals surface area contributed by atoms with Gasteiger partial charge < -0.3 is 5.11 Å². The molecule has 1 fully saturated rings. The molecule has 1 aliphatic carbocycles. The van der Waals surface area contributed by atoms with Crippen LogP contribution in [-0.4, -0.2) is 5.11 Å². The molecule has 1 aromatic rings. The molecule has 0 heterocycles. The predicted octanol–water partition coefficient (Wildman–Crippen LogP) is 3.49. The molecule has 0 bridgehead atoms. The lowest BCUT2D eigenvalue weighted by molar-refractivity contribution is -0.000618. The van der Waals surface area contributed by atoms with E-state index in [9.17, 15) is 5.11 Å². The van der Waals surface area contributed by atoms with E-state index in [1.807, 2.05) is 24.3 Å². The Kier molecular flexibility index (Phi) is 2.80. The molecule has 1 nitrogen and oxygen atoms in total. The fraction of sp³-hybridized carbons (Fsp3) is 0.500. The SMILES string of the molecule is OC1(c2cccc(Cl)c2)CCCCC1. The Hall–Kier alpha value is -0.530. The van der Waals surface area contributed by atoms with Gasteiger partial charge in [0.2, 0.25) is 0 Å². The lowest BCUT2D eigenvalue weighted by Gasteiger charge is -2.32. The van der Waals surface area contributed by atoms with Gasteiger partial charge in [-0.25, -0.2) is 0 Å². The predicted molar refractivity (Wildman–Crippen MR) is 58.4 cm³/mol. The van der Waals surface area contributed by atoms with Crippen LogP contribution in [-0.2, 0) is 5.60 Å². The van der Waals surface area contributed by atoms with Crippen molar-refractivity contribution in [2.24, 2.45) is 0 Å². The maximum absolute atomic E-state index is 10.4. The summed E-state index contributed by atoms with van der Waals surface area (Å²) in [5.41, 5.74) is 0.355. The molecule has 14 heavy (non-hydrogen) atoms. The van der Waals surface area contributed by atoms with Crippen molar-refractivity contribution in [2.45, 2.75) is 37.7 Å². The third-order valence-electron chi connectivity index (χ3n) is 3.04. The first kappa shape index (κ1) is 10.0. The summed E-state index contributed by atoms with van der Waals surface area (Å²) in [7, 11) is 0. The highest BCUT2D eigenvalue weighted by molar-refractivity contribution is 6.30. The maximum Gasteiger partial charge on any atom is 0.0897 e. The molecule has 0 radical (unpaired) electrons. The molecule has 1 saturated carbocycles. The summed E-state index contributed by atoms with van der Waals surface area (Å²) in [5, 5.41) is 11.1. The quantitative estimate of drug-likeness (QED) is 0.753. The molecular formula is C12H15ClO. The van der Waals surface area contributed by atoms with Gasteiger partial charge in [-0.1, -0.05) is 43.0 Å². The van der Waals surface area contributed by atoms with Gasteiger partial charge in [-0.15, -0.1) is 0 Å². The van der Waals surface area contributed by atoms with E-state index >= 15 is 0 Å². The molecule has 0 unspecified atom stereocenters. The second-order valence-corrected chi connectivity index (χ2v) is 4.54. The molecule has 2 rings (SSSR count). The van der Waals surface area contributed by atoms with Crippen molar-refractivity contribution < 1.29 is 5.11 Å². The summed E-state index contributed by atoms with van der Waals surface area (Å²) < 4.78 is 0. The van der Waals surface area contributed by atoms with E-state index in [2.05, 4.69) is 0 Å². The third kappa shape index (κ3) is 1.94. The second kappa shape index (κ2) is 3.92. The highest BCUT2D eigenvalue weighted by atomic mass is 35.5. The summed E-state index contributed by atoms with van der Waals surface area (Å²) >= 11 is 5.91. The van der Waals surface area contributed by atoms with E-state index in [1.54, 1.807) is 0 Å². The van der Waals surface area contributed by atoms with Gasteiger partial charge in [0.25, 0.3) is 0 Å². The van der Waals surface area contributed by atoms with Crippen molar-refractivity contribution in [1.29, 1.82) is 0 Å². The first-order valence-corrected chi connectivity index (χ1v) is 5.57. The number of rotatable bonds is 1. The van der Waals surface area contributed by atoms with E-state index in [0.717, 1.165) is 31.2 Å². The highest BCUT2D eigenvalue weighted by Crippen LogP contribution is 2.37. The van der Waals surface area contributed by atoms with Crippen molar-refractivity contribution in [3.63, 3.8) is 0 Å². The average Bonchev–Trinajstić information content (AvgIpc) is 2.19. The van der Waals surface area contributed by atoms with Crippen molar-refractivity contribution in [2.75, 3.05) is 0 Å². The van der Waals surface area contributed by atoms with Crippen LogP contribution in [0.4, 0.5) is 0 Å². The minimum atomic E-state index is -0.622. The van der Waals surface area contributed by atoms with Crippen LogP contribution in [0.15, 0.2) is 24.3 Å². The summed E-state index contributed by atoms with van der Waals surface area (Å²) in [6, 6.07) is 7.60. The van der Waals surface area contributed by atoms with E-state index in [1.165, 1.54) is 6.42 Å². The zero-order chi connectivity index (χ0) is 10.0. The van der Waals surface area contributed by atoms with Gasteiger partial charge in [-0.05, 0) is 30.5 Å². The standard InChI is InChI=1S/C12H15ClO/c13-11-6-4-5-10(9-11)12(14)7-2-1-3-8-12/h4-6,9,14H,1-3,7-8H2. The van der Waals surface area contributed by atoms with Gasteiger partial charge in [0.1, 0.15) is 0 Å². The highest BCUT2D eigenvalue weighted by Gasteiger charge is 2.30. The Morgan fingerprint density at radius 1 is 1.14 bits per heavy atom. The number of hydrogen-bond acceptors (Lipinski definition) is 1. The lowest BCUT2D eigenvalue weighted by atomic mass is 9.80. The Morgan fingerprint density at radius 3 is 2.50 bits per heavy atom. The molecule has 0 saturated heterocycles. The van der Waals surface area contributed by atoms with Crippen LogP contribution in [0.25, 0.3) is 0 Å². The Morgan fingerprint density at radius 2 is 1.86 bits per heavy atom. The number of aliphatic hydroxyl groups is 1. The van der Waals surface area contributed by atoms with Crippen LogP contribution in [0, 0.1) is 0 Å². The van der Waals surface area contributed by atoms with Gasteiger partial charge in [0.05, 0.1) is 5.60 Å². The first-order chi connectivity index (χ1) is 6.71. The summed E-state index contributed by atoms with van der Waals surface area (Å²) in [4.78, 5) is 0. The lowest BCUT2D eigenvalue weighted by Crippen LogP contribution is -2.28. The monoisotopic (exact) mass is 210 g/mol. The third-order valence-corrected chi connectivity index (χ3v) is 3.28. The number of benzene rings is 1. The Bertz CT molecular complexity index is 316.